The van der Waals surface area contributed by atoms with Crippen LogP contribution in [0.5, 0.6) is 0 Å². The zero-order valence-corrected chi connectivity index (χ0v) is 11.0. The van der Waals surface area contributed by atoms with Crippen LogP contribution in [-0.2, 0) is 4.79 Å². The summed E-state index contributed by atoms with van der Waals surface area (Å²) in [6.07, 6.45) is -3.87. The third kappa shape index (κ3) is 5.75. The summed E-state index contributed by atoms with van der Waals surface area (Å²) in [5.41, 5.74) is 5.63. The Hall–Kier alpha value is -0.860. The molecule has 0 bridgehead atoms. The van der Waals surface area contributed by atoms with Gasteiger partial charge in [-0.05, 0) is 0 Å². The lowest BCUT2D eigenvalue weighted by Crippen LogP contribution is -2.54. The van der Waals surface area contributed by atoms with Crippen LogP contribution in [0, 0.1) is 0 Å². The molecule has 0 aromatic rings. The van der Waals surface area contributed by atoms with Crippen molar-refractivity contribution in [2.24, 2.45) is 5.73 Å². The van der Waals surface area contributed by atoms with Crippen molar-refractivity contribution >= 4 is 5.91 Å². The van der Waals surface area contributed by atoms with Crippen molar-refractivity contribution < 1.29 is 18.0 Å². The van der Waals surface area contributed by atoms with Gasteiger partial charge in [0.25, 0.3) is 0 Å². The Morgan fingerprint density at radius 3 is 2.32 bits per heavy atom. The fourth-order valence-corrected chi connectivity index (χ4v) is 2.22. The standard InChI is InChI=1S/C11H21F3N4O/c1-16-10(19)6-9(7-15)18-4-2-17(3-5-18)8-11(12,13)14/h9H,2-8,15H2,1H3,(H,16,19). The predicted octanol–water partition coefficient (Wildman–Crippen LogP) is -0.370. The van der Waals surface area contributed by atoms with Gasteiger partial charge in [-0.15, -0.1) is 0 Å². The number of nitrogens with two attached hydrogens (primary N) is 1. The first-order valence-electron chi connectivity index (χ1n) is 6.29. The maximum atomic E-state index is 12.3. The summed E-state index contributed by atoms with van der Waals surface area (Å²) in [4.78, 5) is 14.7. The Bertz CT molecular complexity index is 290. The molecule has 19 heavy (non-hydrogen) atoms. The van der Waals surface area contributed by atoms with Gasteiger partial charge in [0, 0.05) is 52.2 Å². The summed E-state index contributed by atoms with van der Waals surface area (Å²) in [5.74, 6) is -0.104. The molecule has 0 saturated carbocycles. The zero-order chi connectivity index (χ0) is 14.5. The van der Waals surface area contributed by atoms with Gasteiger partial charge in [-0.2, -0.15) is 13.2 Å². The molecule has 0 aliphatic carbocycles. The van der Waals surface area contributed by atoms with E-state index >= 15 is 0 Å². The molecular weight excluding hydrogens is 261 g/mol. The highest BCUT2D eigenvalue weighted by Crippen LogP contribution is 2.18. The molecule has 0 aromatic heterocycles. The van der Waals surface area contributed by atoms with E-state index in [9.17, 15) is 18.0 Å². The van der Waals surface area contributed by atoms with Crippen LogP contribution in [-0.4, -0.2) is 74.2 Å². The van der Waals surface area contributed by atoms with Gasteiger partial charge < -0.3 is 11.1 Å². The maximum Gasteiger partial charge on any atom is 0.401 e. The van der Waals surface area contributed by atoms with E-state index in [-0.39, 0.29) is 18.4 Å². The molecule has 3 N–H and O–H groups in total. The van der Waals surface area contributed by atoms with Crippen LogP contribution >= 0.6 is 0 Å². The number of hydrogen-bond donors (Lipinski definition) is 2. The van der Waals surface area contributed by atoms with E-state index in [1.54, 1.807) is 7.05 Å². The Kier molecular flexibility index (Phi) is 6.02. The number of nitrogens with one attached hydrogen (secondary N) is 1. The van der Waals surface area contributed by atoms with Crippen molar-refractivity contribution in [1.29, 1.82) is 0 Å². The van der Waals surface area contributed by atoms with Crippen LogP contribution in [0.1, 0.15) is 6.42 Å². The van der Waals surface area contributed by atoms with Gasteiger partial charge in [-0.25, -0.2) is 0 Å². The van der Waals surface area contributed by atoms with Crippen molar-refractivity contribution in [3.05, 3.63) is 0 Å². The highest BCUT2D eigenvalue weighted by Gasteiger charge is 2.33. The molecule has 1 fully saturated rings. The van der Waals surface area contributed by atoms with E-state index in [4.69, 9.17) is 5.73 Å². The number of carbonyl (C=O) groups excluding carboxylic acids is 1. The lowest BCUT2D eigenvalue weighted by Gasteiger charge is -2.38. The van der Waals surface area contributed by atoms with Gasteiger partial charge in [-0.3, -0.25) is 14.6 Å². The number of rotatable bonds is 5. The second-order valence-electron chi connectivity index (χ2n) is 4.69. The Labute approximate surface area is 110 Å². The van der Waals surface area contributed by atoms with Crippen molar-refractivity contribution in [3.8, 4) is 0 Å². The molecule has 112 valence electrons. The van der Waals surface area contributed by atoms with Crippen LogP contribution < -0.4 is 11.1 Å². The summed E-state index contributed by atoms with van der Waals surface area (Å²) in [5, 5.41) is 2.53. The average molecular weight is 282 g/mol. The van der Waals surface area contributed by atoms with Gasteiger partial charge in [0.05, 0.1) is 6.54 Å². The molecule has 1 saturated heterocycles. The summed E-state index contributed by atoms with van der Waals surface area (Å²) in [6, 6.07) is -0.104. The summed E-state index contributed by atoms with van der Waals surface area (Å²) < 4.78 is 36.8. The molecular formula is C11H21F3N4O. The lowest BCUT2D eigenvalue weighted by molar-refractivity contribution is -0.149. The fraction of sp³-hybridized carbons (Fsp3) is 0.909. The normalized spacial score (nSPS) is 20.3. The minimum atomic E-state index is -4.16. The van der Waals surface area contributed by atoms with Crippen molar-refractivity contribution in [2.75, 3.05) is 46.3 Å². The monoisotopic (exact) mass is 282 g/mol. The van der Waals surface area contributed by atoms with Crippen LogP contribution in [0.3, 0.4) is 0 Å². The van der Waals surface area contributed by atoms with E-state index in [1.165, 1.54) is 4.90 Å². The van der Waals surface area contributed by atoms with E-state index < -0.39 is 12.7 Å². The molecule has 0 aromatic carbocycles. The number of amides is 1. The first-order valence-corrected chi connectivity index (χ1v) is 6.29. The minimum absolute atomic E-state index is 0.104. The van der Waals surface area contributed by atoms with Crippen molar-refractivity contribution in [2.45, 2.75) is 18.6 Å². The second-order valence-corrected chi connectivity index (χ2v) is 4.69. The molecule has 8 heteroatoms. The van der Waals surface area contributed by atoms with E-state index in [1.807, 2.05) is 4.90 Å². The van der Waals surface area contributed by atoms with E-state index in [0.29, 0.717) is 32.7 Å². The molecule has 1 rings (SSSR count). The average Bonchev–Trinajstić information content (AvgIpc) is 2.35. The van der Waals surface area contributed by atoms with Crippen molar-refractivity contribution in [3.63, 3.8) is 0 Å². The minimum Gasteiger partial charge on any atom is -0.359 e. The predicted molar refractivity (Wildman–Crippen MR) is 65.6 cm³/mol. The van der Waals surface area contributed by atoms with Crippen LogP contribution in [0.15, 0.2) is 0 Å². The lowest BCUT2D eigenvalue weighted by atomic mass is 10.1. The second kappa shape index (κ2) is 7.06. The van der Waals surface area contributed by atoms with Crippen molar-refractivity contribution in [1.82, 2.24) is 15.1 Å². The summed E-state index contributed by atoms with van der Waals surface area (Å²) >= 11 is 0. The largest absolute Gasteiger partial charge is 0.401 e. The number of halogens is 3. The number of carbonyl (C=O) groups is 1. The van der Waals surface area contributed by atoms with E-state index in [2.05, 4.69) is 5.32 Å². The number of hydrogen-bond acceptors (Lipinski definition) is 4. The zero-order valence-electron chi connectivity index (χ0n) is 11.0. The van der Waals surface area contributed by atoms with Gasteiger partial charge >= 0.3 is 6.18 Å². The first kappa shape index (κ1) is 16.2. The molecule has 1 aliphatic heterocycles. The third-order valence-corrected chi connectivity index (χ3v) is 3.30. The maximum absolute atomic E-state index is 12.3. The smallest absolute Gasteiger partial charge is 0.359 e. The molecule has 1 atom stereocenters. The molecule has 1 aliphatic rings. The van der Waals surface area contributed by atoms with Gasteiger partial charge in [0.1, 0.15) is 0 Å². The number of nitrogens with zero attached hydrogens (tertiary/aromatic N) is 2. The van der Waals surface area contributed by atoms with Gasteiger partial charge in [-0.1, -0.05) is 0 Å². The molecule has 1 amide bonds. The molecule has 1 unspecified atom stereocenters. The Balaban J connectivity index is 2.41. The van der Waals surface area contributed by atoms with E-state index in [0.717, 1.165) is 0 Å². The molecule has 5 nitrogen and oxygen atoms in total. The third-order valence-electron chi connectivity index (χ3n) is 3.30. The highest BCUT2D eigenvalue weighted by atomic mass is 19.4. The van der Waals surface area contributed by atoms with Gasteiger partial charge in [0.2, 0.25) is 5.91 Å². The quantitative estimate of drug-likeness (QED) is 0.722. The summed E-state index contributed by atoms with van der Waals surface area (Å²) in [7, 11) is 1.55. The number of piperazine rings is 1. The van der Waals surface area contributed by atoms with Crippen LogP contribution in [0.2, 0.25) is 0 Å². The summed E-state index contributed by atoms with van der Waals surface area (Å²) in [6.45, 7) is 1.17. The topological polar surface area (TPSA) is 61.6 Å². The van der Waals surface area contributed by atoms with Gasteiger partial charge in [0.15, 0.2) is 0 Å². The molecule has 0 radical (unpaired) electrons. The van der Waals surface area contributed by atoms with Crippen LogP contribution in [0.25, 0.3) is 0 Å². The Morgan fingerprint density at radius 1 is 1.32 bits per heavy atom. The highest BCUT2D eigenvalue weighted by molar-refractivity contribution is 5.76. The molecule has 0 spiro atoms. The van der Waals surface area contributed by atoms with Crippen LogP contribution in [0.4, 0.5) is 13.2 Å². The first-order chi connectivity index (χ1) is 8.85. The number of alkyl halides is 3. The SMILES string of the molecule is CNC(=O)CC(CN)N1CCN(CC(F)(F)F)CC1. The molecule has 1 heterocycles. The Morgan fingerprint density at radius 2 is 1.89 bits per heavy atom. The fourth-order valence-electron chi connectivity index (χ4n) is 2.22.